The molecule has 0 aromatic heterocycles. The Morgan fingerprint density at radius 1 is 1.33 bits per heavy atom. The van der Waals surface area contributed by atoms with Crippen LogP contribution in [-0.4, -0.2) is 51.7 Å². The molecular formula is C14H22N2O5. The van der Waals surface area contributed by atoms with Gasteiger partial charge in [-0.15, -0.1) is 0 Å². The molecule has 2 fully saturated rings. The van der Waals surface area contributed by atoms with Crippen LogP contribution < -0.4 is 5.32 Å². The highest BCUT2D eigenvalue weighted by Gasteiger charge is 2.47. The van der Waals surface area contributed by atoms with Crippen molar-refractivity contribution in [3.8, 4) is 0 Å². The number of nitrogens with one attached hydrogen (secondary N) is 1. The Kier molecular flexibility index (Phi) is 4.11. The molecule has 7 nitrogen and oxygen atoms in total. The number of aliphatic carboxylic acids is 1. The van der Waals surface area contributed by atoms with Crippen molar-refractivity contribution < 1.29 is 24.2 Å². The molecule has 2 heterocycles. The molecule has 0 aromatic rings. The normalized spacial score (nSPS) is 29.0. The zero-order chi connectivity index (χ0) is 15.8. The number of carboxylic acids is 1. The number of ether oxygens (including phenoxy) is 1. The van der Waals surface area contributed by atoms with Crippen LogP contribution in [-0.2, 0) is 14.3 Å². The Bertz CT molecular complexity index is 457. The molecule has 0 aromatic carbocycles. The first-order chi connectivity index (χ1) is 9.69. The Morgan fingerprint density at radius 3 is 2.57 bits per heavy atom. The molecule has 21 heavy (non-hydrogen) atoms. The molecule has 0 spiro atoms. The maximum absolute atomic E-state index is 12.3. The predicted octanol–water partition coefficient (Wildman–Crippen LogP) is 1.12. The van der Waals surface area contributed by atoms with E-state index < -0.39 is 29.7 Å². The Balaban J connectivity index is 2.03. The summed E-state index contributed by atoms with van der Waals surface area (Å²) < 4.78 is 5.14. The van der Waals surface area contributed by atoms with Crippen molar-refractivity contribution in [1.82, 2.24) is 10.2 Å². The number of piperidine rings is 1. The van der Waals surface area contributed by atoms with Gasteiger partial charge in [-0.1, -0.05) is 0 Å². The second kappa shape index (κ2) is 5.54. The van der Waals surface area contributed by atoms with Crippen LogP contribution in [0.25, 0.3) is 0 Å². The van der Waals surface area contributed by atoms with Crippen molar-refractivity contribution in [2.24, 2.45) is 0 Å². The fourth-order valence-corrected chi connectivity index (χ4v) is 3.01. The van der Waals surface area contributed by atoms with Crippen molar-refractivity contribution in [2.45, 2.75) is 70.2 Å². The molecule has 0 saturated carbocycles. The molecule has 0 radical (unpaired) electrons. The van der Waals surface area contributed by atoms with Gasteiger partial charge in [0.1, 0.15) is 17.7 Å². The average Bonchev–Trinajstić information content (AvgIpc) is 2.63. The SMILES string of the molecule is CC(C)(C)OC(=O)NC1C[C@H]2CCCC(C(=O)O)N2C1=O. The summed E-state index contributed by atoms with van der Waals surface area (Å²) >= 11 is 0. The van der Waals surface area contributed by atoms with Gasteiger partial charge in [-0.2, -0.15) is 0 Å². The van der Waals surface area contributed by atoms with E-state index >= 15 is 0 Å². The summed E-state index contributed by atoms with van der Waals surface area (Å²) in [7, 11) is 0. The maximum atomic E-state index is 12.3. The smallest absolute Gasteiger partial charge is 0.408 e. The molecule has 2 aliphatic rings. The van der Waals surface area contributed by atoms with Gasteiger partial charge in [-0.3, -0.25) is 4.79 Å². The van der Waals surface area contributed by atoms with E-state index in [2.05, 4.69) is 5.32 Å². The predicted molar refractivity (Wildman–Crippen MR) is 73.7 cm³/mol. The monoisotopic (exact) mass is 298 g/mol. The van der Waals surface area contributed by atoms with Gasteiger partial charge in [0.2, 0.25) is 5.91 Å². The number of amides is 2. The van der Waals surface area contributed by atoms with Gasteiger partial charge in [0.05, 0.1) is 0 Å². The summed E-state index contributed by atoms with van der Waals surface area (Å²) in [5.41, 5.74) is -0.637. The van der Waals surface area contributed by atoms with Gasteiger partial charge in [0.15, 0.2) is 0 Å². The minimum absolute atomic E-state index is 0.104. The molecule has 2 saturated heterocycles. The van der Waals surface area contributed by atoms with E-state index in [4.69, 9.17) is 4.74 Å². The van der Waals surface area contributed by atoms with E-state index in [1.807, 2.05) is 0 Å². The number of carboxylic acid groups (broad SMARTS) is 1. The van der Waals surface area contributed by atoms with Gasteiger partial charge in [0.25, 0.3) is 0 Å². The fraction of sp³-hybridized carbons (Fsp3) is 0.786. The average molecular weight is 298 g/mol. The van der Waals surface area contributed by atoms with Crippen LogP contribution in [0.15, 0.2) is 0 Å². The third-order valence-corrected chi connectivity index (χ3v) is 3.78. The van der Waals surface area contributed by atoms with Gasteiger partial charge >= 0.3 is 12.1 Å². The largest absolute Gasteiger partial charge is 0.480 e. The van der Waals surface area contributed by atoms with Crippen molar-refractivity contribution >= 4 is 18.0 Å². The Hall–Kier alpha value is -1.79. The van der Waals surface area contributed by atoms with E-state index in [1.165, 1.54) is 4.90 Å². The minimum atomic E-state index is -0.981. The summed E-state index contributed by atoms with van der Waals surface area (Å²) in [4.78, 5) is 36.8. The van der Waals surface area contributed by atoms with Crippen molar-refractivity contribution in [2.75, 3.05) is 0 Å². The lowest BCUT2D eigenvalue weighted by molar-refractivity contribution is -0.152. The van der Waals surface area contributed by atoms with Crippen molar-refractivity contribution in [3.63, 3.8) is 0 Å². The maximum Gasteiger partial charge on any atom is 0.408 e. The third kappa shape index (κ3) is 3.46. The van der Waals surface area contributed by atoms with E-state index in [1.54, 1.807) is 20.8 Å². The lowest BCUT2D eigenvalue weighted by atomic mass is 9.96. The van der Waals surface area contributed by atoms with Crippen LogP contribution in [0.2, 0.25) is 0 Å². The van der Waals surface area contributed by atoms with Crippen LogP contribution >= 0.6 is 0 Å². The topological polar surface area (TPSA) is 95.9 Å². The molecule has 2 rings (SSSR count). The highest BCUT2D eigenvalue weighted by molar-refractivity contribution is 5.91. The lowest BCUT2D eigenvalue weighted by Crippen LogP contribution is -2.51. The zero-order valence-corrected chi connectivity index (χ0v) is 12.6. The summed E-state index contributed by atoms with van der Waals surface area (Å²) in [6, 6.07) is -1.57. The van der Waals surface area contributed by atoms with Gasteiger partial charge < -0.3 is 20.1 Å². The zero-order valence-electron chi connectivity index (χ0n) is 12.6. The molecule has 7 heteroatoms. The van der Waals surface area contributed by atoms with E-state index in [9.17, 15) is 19.5 Å². The summed E-state index contributed by atoms with van der Waals surface area (Å²) in [5, 5.41) is 11.8. The van der Waals surface area contributed by atoms with Crippen LogP contribution in [0.4, 0.5) is 4.79 Å². The molecular weight excluding hydrogens is 276 g/mol. The number of carbonyl (C=O) groups excluding carboxylic acids is 2. The van der Waals surface area contributed by atoms with Gasteiger partial charge in [0, 0.05) is 6.04 Å². The van der Waals surface area contributed by atoms with Crippen molar-refractivity contribution in [3.05, 3.63) is 0 Å². The van der Waals surface area contributed by atoms with Gasteiger partial charge in [-0.05, 0) is 46.5 Å². The fourth-order valence-electron chi connectivity index (χ4n) is 3.01. The van der Waals surface area contributed by atoms with Gasteiger partial charge in [-0.25, -0.2) is 9.59 Å². The minimum Gasteiger partial charge on any atom is -0.480 e. The third-order valence-electron chi connectivity index (χ3n) is 3.78. The summed E-state index contributed by atoms with van der Waals surface area (Å²) in [5.74, 6) is -1.30. The quantitative estimate of drug-likeness (QED) is 0.796. The number of hydrogen-bond acceptors (Lipinski definition) is 4. The summed E-state index contributed by atoms with van der Waals surface area (Å²) in [6.45, 7) is 5.23. The van der Waals surface area contributed by atoms with Crippen LogP contribution in [0.1, 0.15) is 46.5 Å². The highest BCUT2D eigenvalue weighted by Crippen LogP contribution is 2.32. The van der Waals surface area contributed by atoms with Crippen LogP contribution in [0, 0.1) is 0 Å². The van der Waals surface area contributed by atoms with Crippen molar-refractivity contribution in [1.29, 1.82) is 0 Å². The Morgan fingerprint density at radius 2 is 2.00 bits per heavy atom. The lowest BCUT2D eigenvalue weighted by Gasteiger charge is -2.34. The number of fused-ring (bicyclic) bond motifs is 1. The molecule has 118 valence electrons. The molecule has 2 aliphatic heterocycles. The molecule has 2 N–H and O–H groups in total. The Labute approximate surface area is 123 Å². The molecule has 2 amide bonds. The second-order valence-electron chi connectivity index (χ2n) is 6.62. The standard InChI is InChI=1S/C14H22N2O5/c1-14(2,3)21-13(20)15-9-7-8-5-4-6-10(12(18)19)16(8)11(9)17/h8-10H,4-7H2,1-3H3,(H,15,20)(H,18,19)/t8-,9?,10?/m1/s1. The van der Waals surface area contributed by atoms with E-state index in [-0.39, 0.29) is 11.9 Å². The highest BCUT2D eigenvalue weighted by atomic mass is 16.6. The first-order valence-electron chi connectivity index (χ1n) is 7.23. The number of carbonyl (C=O) groups is 3. The van der Waals surface area contributed by atoms with E-state index in [0.29, 0.717) is 12.8 Å². The molecule has 0 aliphatic carbocycles. The number of nitrogens with zero attached hydrogens (tertiary/aromatic N) is 1. The number of alkyl carbamates (subject to hydrolysis) is 1. The van der Waals surface area contributed by atoms with E-state index in [0.717, 1.165) is 12.8 Å². The van der Waals surface area contributed by atoms with Crippen LogP contribution in [0.5, 0.6) is 0 Å². The first-order valence-corrected chi connectivity index (χ1v) is 7.23. The first kappa shape index (κ1) is 15.6. The second-order valence-corrected chi connectivity index (χ2v) is 6.62. The molecule has 3 atom stereocenters. The summed E-state index contributed by atoms with van der Waals surface area (Å²) in [6.07, 6.45) is 1.83. The number of rotatable bonds is 2. The molecule has 2 unspecified atom stereocenters. The number of hydrogen-bond donors (Lipinski definition) is 2. The molecule has 0 bridgehead atoms. The van der Waals surface area contributed by atoms with Crippen LogP contribution in [0.3, 0.4) is 0 Å².